The molecule has 1 aromatic rings. The molecule has 0 saturated carbocycles. The number of aliphatic carboxylic acids is 1. The quantitative estimate of drug-likeness (QED) is 0.768. The first-order valence-electron chi connectivity index (χ1n) is 6.22. The van der Waals surface area contributed by atoms with Crippen LogP contribution in [0.15, 0.2) is 24.3 Å². The first-order valence-corrected chi connectivity index (χ1v) is 6.22. The maximum Gasteiger partial charge on any atom is 0.304 e. The number of rotatable bonds is 8. The molecule has 1 rings (SSSR count). The molecule has 4 heteroatoms. The van der Waals surface area contributed by atoms with E-state index in [1.165, 1.54) is 5.56 Å². The summed E-state index contributed by atoms with van der Waals surface area (Å²) in [5.41, 5.74) is 1.24. The van der Waals surface area contributed by atoms with Gasteiger partial charge in [0.1, 0.15) is 5.75 Å². The minimum absolute atomic E-state index is 0.205. The zero-order chi connectivity index (χ0) is 13.4. The fourth-order valence-corrected chi connectivity index (χ4v) is 1.76. The van der Waals surface area contributed by atoms with Crippen molar-refractivity contribution in [3.63, 3.8) is 0 Å². The molecule has 0 bridgehead atoms. The summed E-state index contributed by atoms with van der Waals surface area (Å²) in [7, 11) is 1.65. The number of benzene rings is 1. The van der Waals surface area contributed by atoms with Gasteiger partial charge in [0.2, 0.25) is 0 Å². The fourth-order valence-electron chi connectivity index (χ4n) is 1.76. The molecule has 0 fully saturated rings. The Balaban J connectivity index is 2.38. The third-order valence-corrected chi connectivity index (χ3v) is 2.96. The minimum atomic E-state index is -0.738. The van der Waals surface area contributed by atoms with Crippen molar-refractivity contribution in [2.75, 3.05) is 26.7 Å². The van der Waals surface area contributed by atoms with Gasteiger partial charge in [-0.2, -0.15) is 0 Å². The SMILES string of the molecule is CCN(CCC(=O)O)CCc1ccc(OC)cc1. The van der Waals surface area contributed by atoms with E-state index in [1.807, 2.05) is 24.3 Å². The van der Waals surface area contributed by atoms with Gasteiger partial charge in [0.25, 0.3) is 0 Å². The third-order valence-electron chi connectivity index (χ3n) is 2.96. The van der Waals surface area contributed by atoms with Crippen LogP contribution in [0.5, 0.6) is 5.75 Å². The van der Waals surface area contributed by atoms with Crippen LogP contribution in [-0.2, 0) is 11.2 Å². The zero-order valence-electron chi connectivity index (χ0n) is 11.1. The highest BCUT2D eigenvalue weighted by molar-refractivity contribution is 5.66. The van der Waals surface area contributed by atoms with Crippen molar-refractivity contribution in [3.05, 3.63) is 29.8 Å². The van der Waals surface area contributed by atoms with Crippen molar-refractivity contribution >= 4 is 5.97 Å². The number of nitrogens with zero attached hydrogens (tertiary/aromatic N) is 1. The van der Waals surface area contributed by atoms with Gasteiger partial charge in [0.15, 0.2) is 0 Å². The summed E-state index contributed by atoms with van der Waals surface area (Å²) in [6.07, 6.45) is 1.13. The Morgan fingerprint density at radius 2 is 1.94 bits per heavy atom. The Morgan fingerprint density at radius 1 is 1.28 bits per heavy atom. The van der Waals surface area contributed by atoms with Crippen LogP contribution in [0.4, 0.5) is 0 Å². The van der Waals surface area contributed by atoms with Crippen LogP contribution in [0.2, 0.25) is 0 Å². The lowest BCUT2D eigenvalue weighted by Crippen LogP contribution is -2.28. The fraction of sp³-hybridized carbons (Fsp3) is 0.500. The Kier molecular flexibility index (Phi) is 6.22. The van der Waals surface area contributed by atoms with Gasteiger partial charge in [-0.25, -0.2) is 0 Å². The summed E-state index contributed by atoms with van der Waals surface area (Å²) in [5.74, 6) is 0.120. The van der Waals surface area contributed by atoms with Crippen LogP contribution in [0, 0.1) is 0 Å². The Hall–Kier alpha value is -1.55. The zero-order valence-corrected chi connectivity index (χ0v) is 11.1. The molecule has 0 saturated heterocycles. The maximum atomic E-state index is 10.5. The molecule has 0 radical (unpaired) electrons. The van der Waals surface area contributed by atoms with Crippen LogP contribution >= 0.6 is 0 Å². The van der Waals surface area contributed by atoms with Crippen LogP contribution in [0.25, 0.3) is 0 Å². The molecular weight excluding hydrogens is 230 g/mol. The van der Waals surface area contributed by atoms with E-state index in [1.54, 1.807) is 7.11 Å². The highest BCUT2D eigenvalue weighted by Crippen LogP contribution is 2.12. The van der Waals surface area contributed by atoms with Gasteiger partial charge in [-0.3, -0.25) is 4.79 Å². The summed E-state index contributed by atoms with van der Waals surface area (Å²) in [4.78, 5) is 12.7. The number of likely N-dealkylation sites (N-methyl/N-ethyl adjacent to an activating group) is 1. The number of hydrogen-bond acceptors (Lipinski definition) is 3. The van der Waals surface area contributed by atoms with Crippen LogP contribution in [-0.4, -0.2) is 42.7 Å². The molecule has 0 amide bonds. The summed E-state index contributed by atoms with van der Waals surface area (Å²) >= 11 is 0. The smallest absolute Gasteiger partial charge is 0.304 e. The van der Waals surface area contributed by atoms with Gasteiger partial charge >= 0.3 is 5.97 Å². The van der Waals surface area contributed by atoms with Gasteiger partial charge in [-0.05, 0) is 30.7 Å². The van der Waals surface area contributed by atoms with Crippen molar-refractivity contribution in [1.82, 2.24) is 4.90 Å². The van der Waals surface area contributed by atoms with Crippen molar-refractivity contribution < 1.29 is 14.6 Å². The normalized spacial score (nSPS) is 10.6. The van der Waals surface area contributed by atoms with E-state index >= 15 is 0 Å². The van der Waals surface area contributed by atoms with Crippen LogP contribution < -0.4 is 4.74 Å². The van der Waals surface area contributed by atoms with E-state index in [9.17, 15) is 4.79 Å². The largest absolute Gasteiger partial charge is 0.497 e. The van der Waals surface area contributed by atoms with E-state index in [2.05, 4.69) is 11.8 Å². The first-order chi connectivity index (χ1) is 8.65. The molecule has 0 aliphatic heterocycles. The molecule has 0 unspecified atom stereocenters. The topological polar surface area (TPSA) is 49.8 Å². The average Bonchev–Trinajstić information content (AvgIpc) is 2.39. The Morgan fingerprint density at radius 3 is 2.44 bits per heavy atom. The highest BCUT2D eigenvalue weighted by Gasteiger charge is 2.05. The van der Waals surface area contributed by atoms with Crippen molar-refractivity contribution in [2.45, 2.75) is 19.8 Å². The Labute approximate surface area is 108 Å². The van der Waals surface area contributed by atoms with E-state index in [-0.39, 0.29) is 6.42 Å². The van der Waals surface area contributed by atoms with E-state index < -0.39 is 5.97 Å². The molecular formula is C14H21NO3. The molecule has 1 N–H and O–H groups in total. The lowest BCUT2D eigenvalue weighted by molar-refractivity contribution is -0.137. The van der Waals surface area contributed by atoms with Gasteiger partial charge in [-0.1, -0.05) is 19.1 Å². The predicted octanol–water partition coefficient (Wildman–Crippen LogP) is 2.03. The lowest BCUT2D eigenvalue weighted by Gasteiger charge is -2.19. The number of methoxy groups -OCH3 is 1. The number of carboxylic acid groups (broad SMARTS) is 1. The molecule has 4 nitrogen and oxygen atoms in total. The molecule has 0 atom stereocenters. The molecule has 0 aliphatic carbocycles. The molecule has 1 aromatic carbocycles. The highest BCUT2D eigenvalue weighted by atomic mass is 16.5. The van der Waals surface area contributed by atoms with E-state index in [0.29, 0.717) is 6.54 Å². The van der Waals surface area contributed by atoms with Crippen molar-refractivity contribution in [2.24, 2.45) is 0 Å². The van der Waals surface area contributed by atoms with Crippen LogP contribution in [0.3, 0.4) is 0 Å². The standard InChI is InChI=1S/C14H21NO3/c1-3-15(11-9-14(16)17)10-8-12-4-6-13(18-2)7-5-12/h4-7H,3,8-11H2,1-2H3,(H,16,17). The Bertz CT molecular complexity index is 362. The number of carboxylic acids is 1. The summed E-state index contributed by atoms with van der Waals surface area (Å²) in [6, 6.07) is 7.99. The van der Waals surface area contributed by atoms with Gasteiger partial charge in [-0.15, -0.1) is 0 Å². The number of hydrogen-bond donors (Lipinski definition) is 1. The lowest BCUT2D eigenvalue weighted by atomic mass is 10.1. The van der Waals surface area contributed by atoms with Crippen LogP contribution in [0.1, 0.15) is 18.9 Å². The molecule has 100 valence electrons. The predicted molar refractivity (Wildman–Crippen MR) is 71.1 cm³/mol. The van der Waals surface area contributed by atoms with Crippen molar-refractivity contribution in [1.29, 1.82) is 0 Å². The molecule has 0 heterocycles. The summed E-state index contributed by atoms with van der Waals surface area (Å²) in [6.45, 7) is 4.43. The molecule has 0 aromatic heterocycles. The first kappa shape index (κ1) is 14.5. The van der Waals surface area contributed by atoms with Gasteiger partial charge in [0, 0.05) is 13.1 Å². The molecule has 0 aliphatic rings. The second-order valence-electron chi connectivity index (χ2n) is 4.18. The molecule has 18 heavy (non-hydrogen) atoms. The second kappa shape index (κ2) is 7.71. The van der Waals surface area contributed by atoms with E-state index in [0.717, 1.165) is 25.3 Å². The third kappa shape index (κ3) is 5.19. The van der Waals surface area contributed by atoms with E-state index in [4.69, 9.17) is 9.84 Å². The van der Waals surface area contributed by atoms with Gasteiger partial charge in [0.05, 0.1) is 13.5 Å². The van der Waals surface area contributed by atoms with Crippen molar-refractivity contribution in [3.8, 4) is 5.75 Å². The summed E-state index contributed by atoms with van der Waals surface area (Å²) < 4.78 is 5.11. The van der Waals surface area contributed by atoms with Gasteiger partial charge < -0.3 is 14.7 Å². The minimum Gasteiger partial charge on any atom is -0.497 e. The monoisotopic (exact) mass is 251 g/mol. The number of carbonyl (C=O) groups is 1. The number of ether oxygens (including phenoxy) is 1. The maximum absolute atomic E-state index is 10.5. The summed E-state index contributed by atoms with van der Waals surface area (Å²) in [5, 5.41) is 8.66. The average molecular weight is 251 g/mol. The second-order valence-corrected chi connectivity index (χ2v) is 4.18. The molecule has 0 spiro atoms.